The van der Waals surface area contributed by atoms with Crippen LogP contribution in [0.5, 0.6) is 0 Å². The van der Waals surface area contributed by atoms with Crippen LogP contribution in [0.25, 0.3) is 11.4 Å². The fraction of sp³-hybridized carbons (Fsp3) is 0.375. The molecule has 5 heteroatoms. The van der Waals surface area contributed by atoms with Crippen LogP contribution in [0, 0.1) is 5.82 Å². The van der Waals surface area contributed by atoms with Gasteiger partial charge in [0.05, 0.1) is 10.7 Å². The van der Waals surface area contributed by atoms with E-state index in [1.165, 1.54) is 11.6 Å². The molecule has 1 aliphatic heterocycles. The molecule has 1 aliphatic rings. The van der Waals surface area contributed by atoms with Gasteiger partial charge in [0, 0.05) is 17.8 Å². The van der Waals surface area contributed by atoms with Crippen LogP contribution in [0.2, 0.25) is 5.02 Å². The van der Waals surface area contributed by atoms with Crippen LogP contribution in [-0.4, -0.2) is 16.5 Å². The van der Waals surface area contributed by atoms with E-state index in [1.807, 2.05) is 0 Å². The van der Waals surface area contributed by atoms with Gasteiger partial charge in [-0.15, -0.1) is 0 Å². The maximum atomic E-state index is 13.3. The minimum absolute atomic E-state index is 0.101. The minimum atomic E-state index is -0.422. The van der Waals surface area contributed by atoms with E-state index in [9.17, 15) is 4.39 Å². The van der Waals surface area contributed by atoms with Crippen LogP contribution in [0.1, 0.15) is 30.3 Å². The van der Waals surface area contributed by atoms with Crippen molar-refractivity contribution < 1.29 is 4.39 Å². The normalized spacial score (nSPS) is 14.0. The van der Waals surface area contributed by atoms with Crippen LogP contribution in [0.4, 0.5) is 4.39 Å². The van der Waals surface area contributed by atoms with Crippen molar-refractivity contribution in [3.8, 4) is 11.4 Å². The first-order valence-electron chi connectivity index (χ1n) is 7.24. The summed E-state index contributed by atoms with van der Waals surface area (Å²) in [6.45, 7) is 3.87. The molecule has 3 rings (SSSR count). The lowest BCUT2D eigenvalue weighted by molar-refractivity contribution is 0.614. The van der Waals surface area contributed by atoms with E-state index in [-0.39, 0.29) is 5.02 Å². The van der Waals surface area contributed by atoms with Gasteiger partial charge in [0.2, 0.25) is 0 Å². The molecule has 0 saturated heterocycles. The van der Waals surface area contributed by atoms with Gasteiger partial charge in [0.15, 0.2) is 5.82 Å². The number of nitrogens with zero attached hydrogens (tertiary/aromatic N) is 2. The van der Waals surface area contributed by atoms with Crippen LogP contribution < -0.4 is 5.32 Å². The summed E-state index contributed by atoms with van der Waals surface area (Å²) in [4.78, 5) is 9.34. The highest BCUT2D eigenvalue weighted by Gasteiger charge is 2.18. The topological polar surface area (TPSA) is 37.8 Å². The van der Waals surface area contributed by atoms with E-state index in [0.717, 1.165) is 49.3 Å². The molecule has 0 amide bonds. The van der Waals surface area contributed by atoms with Gasteiger partial charge < -0.3 is 5.32 Å². The summed E-state index contributed by atoms with van der Waals surface area (Å²) in [5.74, 6) is 0.205. The molecule has 0 atom stereocenters. The fourth-order valence-corrected chi connectivity index (χ4v) is 2.83. The average Bonchev–Trinajstić information content (AvgIpc) is 2.50. The Bertz CT molecular complexity index is 673. The molecule has 0 fully saturated rings. The molecule has 21 heavy (non-hydrogen) atoms. The number of halogens is 2. The molecular weight excluding hydrogens is 289 g/mol. The number of hydrogen-bond acceptors (Lipinski definition) is 3. The SMILES string of the molecule is CCCc1nc(-c2ccc(F)c(Cl)c2)nc2c1CCNC2. The van der Waals surface area contributed by atoms with Gasteiger partial charge in [-0.2, -0.15) is 0 Å². The van der Waals surface area contributed by atoms with E-state index >= 15 is 0 Å². The third-order valence-electron chi connectivity index (χ3n) is 3.69. The number of hydrogen-bond donors (Lipinski definition) is 1. The van der Waals surface area contributed by atoms with Crippen LogP contribution in [0.3, 0.4) is 0 Å². The van der Waals surface area contributed by atoms with Gasteiger partial charge in [-0.25, -0.2) is 14.4 Å². The molecule has 0 unspecified atom stereocenters. The first-order valence-corrected chi connectivity index (χ1v) is 7.61. The molecule has 110 valence electrons. The number of aromatic nitrogens is 2. The molecule has 1 aromatic heterocycles. The molecule has 2 heterocycles. The summed E-state index contributed by atoms with van der Waals surface area (Å²) in [6.07, 6.45) is 2.95. The lowest BCUT2D eigenvalue weighted by Gasteiger charge is -2.20. The Morgan fingerprint density at radius 2 is 2.19 bits per heavy atom. The maximum absolute atomic E-state index is 13.3. The lowest BCUT2D eigenvalue weighted by atomic mass is 10.0. The Kier molecular flexibility index (Phi) is 4.17. The Hall–Kier alpha value is -1.52. The van der Waals surface area contributed by atoms with Crippen molar-refractivity contribution in [3.63, 3.8) is 0 Å². The molecule has 1 aromatic carbocycles. The predicted octanol–water partition coefficient (Wildman–Crippen LogP) is 3.53. The van der Waals surface area contributed by atoms with Gasteiger partial charge in [0.1, 0.15) is 5.82 Å². The Morgan fingerprint density at radius 3 is 2.95 bits per heavy atom. The van der Waals surface area contributed by atoms with Crippen molar-refractivity contribution in [2.45, 2.75) is 32.7 Å². The quantitative estimate of drug-likeness (QED) is 0.942. The second kappa shape index (κ2) is 6.08. The van der Waals surface area contributed by atoms with Gasteiger partial charge in [-0.3, -0.25) is 0 Å². The summed E-state index contributed by atoms with van der Waals surface area (Å²) in [7, 11) is 0. The molecule has 0 aliphatic carbocycles. The van der Waals surface area contributed by atoms with E-state index in [1.54, 1.807) is 12.1 Å². The van der Waals surface area contributed by atoms with Crippen molar-refractivity contribution in [3.05, 3.63) is 46.0 Å². The minimum Gasteiger partial charge on any atom is -0.311 e. The molecule has 0 spiro atoms. The summed E-state index contributed by atoms with van der Waals surface area (Å²) in [6, 6.07) is 4.62. The molecule has 0 bridgehead atoms. The summed E-state index contributed by atoms with van der Waals surface area (Å²) in [5.41, 5.74) is 4.19. The van der Waals surface area contributed by atoms with Crippen molar-refractivity contribution in [2.24, 2.45) is 0 Å². The highest BCUT2D eigenvalue weighted by Crippen LogP contribution is 2.25. The third kappa shape index (κ3) is 2.92. The highest BCUT2D eigenvalue weighted by atomic mass is 35.5. The highest BCUT2D eigenvalue weighted by molar-refractivity contribution is 6.31. The van der Waals surface area contributed by atoms with Crippen molar-refractivity contribution >= 4 is 11.6 Å². The van der Waals surface area contributed by atoms with Gasteiger partial charge in [-0.1, -0.05) is 24.9 Å². The zero-order valence-corrected chi connectivity index (χ0v) is 12.7. The van der Waals surface area contributed by atoms with E-state index in [4.69, 9.17) is 16.6 Å². The first kappa shape index (κ1) is 14.4. The van der Waals surface area contributed by atoms with E-state index < -0.39 is 5.82 Å². The van der Waals surface area contributed by atoms with E-state index in [2.05, 4.69) is 17.2 Å². The van der Waals surface area contributed by atoms with Gasteiger partial charge in [-0.05, 0) is 43.1 Å². The number of fused-ring (bicyclic) bond motifs is 1. The zero-order valence-electron chi connectivity index (χ0n) is 11.9. The van der Waals surface area contributed by atoms with Crippen LogP contribution in [0.15, 0.2) is 18.2 Å². The number of aryl methyl sites for hydroxylation is 1. The molecule has 1 N–H and O–H groups in total. The first-order chi connectivity index (χ1) is 10.2. The summed E-state index contributed by atoms with van der Waals surface area (Å²) >= 11 is 5.87. The average molecular weight is 306 g/mol. The number of benzene rings is 1. The van der Waals surface area contributed by atoms with Crippen molar-refractivity contribution in [1.82, 2.24) is 15.3 Å². The van der Waals surface area contributed by atoms with E-state index in [0.29, 0.717) is 5.82 Å². The summed E-state index contributed by atoms with van der Waals surface area (Å²) < 4.78 is 13.3. The zero-order chi connectivity index (χ0) is 14.8. The molecule has 0 radical (unpaired) electrons. The third-order valence-corrected chi connectivity index (χ3v) is 3.98. The monoisotopic (exact) mass is 305 g/mol. The summed E-state index contributed by atoms with van der Waals surface area (Å²) in [5, 5.41) is 3.43. The number of nitrogens with one attached hydrogen (secondary N) is 1. The molecule has 3 nitrogen and oxygen atoms in total. The maximum Gasteiger partial charge on any atom is 0.159 e. The van der Waals surface area contributed by atoms with Crippen molar-refractivity contribution in [2.75, 3.05) is 6.54 Å². The predicted molar refractivity (Wildman–Crippen MR) is 81.8 cm³/mol. The fourth-order valence-electron chi connectivity index (χ4n) is 2.65. The smallest absolute Gasteiger partial charge is 0.159 e. The second-order valence-corrected chi connectivity index (χ2v) is 5.63. The van der Waals surface area contributed by atoms with Gasteiger partial charge >= 0.3 is 0 Å². The Morgan fingerprint density at radius 1 is 1.33 bits per heavy atom. The van der Waals surface area contributed by atoms with Crippen LogP contribution in [-0.2, 0) is 19.4 Å². The standard InChI is InChI=1S/C16H17ClFN3/c1-2-3-14-11-6-7-19-9-15(11)21-16(20-14)10-4-5-13(18)12(17)8-10/h4-5,8,19H,2-3,6-7,9H2,1H3. The number of rotatable bonds is 3. The molecule has 0 saturated carbocycles. The lowest BCUT2D eigenvalue weighted by Crippen LogP contribution is -2.26. The Labute approximate surface area is 128 Å². The van der Waals surface area contributed by atoms with Gasteiger partial charge in [0.25, 0.3) is 0 Å². The van der Waals surface area contributed by atoms with Crippen LogP contribution >= 0.6 is 11.6 Å². The Balaban J connectivity index is 2.09. The largest absolute Gasteiger partial charge is 0.311 e. The second-order valence-electron chi connectivity index (χ2n) is 5.22. The van der Waals surface area contributed by atoms with Crippen molar-refractivity contribution in [1.29, 1.82) is 0 Å². The molecule has 2 aromatic rings. The molecular formula is C16H17ClFN3.